The van der Waals surface area contributed by atoms with E-state index in [0.717, 1.165) is 13.0 Å². The minimum atomic E-state index is -0.460. The van der Waals surface area contributed by atoms with Gasteiger partial charge in [0, 0.05) is 11.6 Å². The highest BCUT2D eigenvalue weighted by atomic mass is 19.1. The Kier molecular flexibility index (Phi) is 4.87. The molecule has 0 aliphatic carbocycles. The van der Waals surface area contributed by atoms with Gasteiger partial charge in [0.25, 0.3) is 0 Å². The molecule has 1 aromatic carbocycles. The molecule has 1 N–H and O–H groups in total. The molecule has 0 radical (unpaired) electrons. The maximum atomic E-state index is 13.8. The Morgan fingerprint density at radius 1 is 1.25 bits per heavy atom. The average molecular weight is 227 g/mol. The van der Waals surface area contributed by atoms with Crippen LogP contribution in [0, 0.1) is 18.6 Å². The van der Waals surface area contributed by atoms with E-state index in [9.17, 15) is 8.78 Å². The molecule has 0 bridgehead atoms. The lowest BCUT2D eigenvalue weighted by atomic mass is 10.0. The third-order valence-corrected chi connectivity index (χ3v) is 2.72. The average Bonchev–Trinajstić information content (AvgIpc) is 2.28. The molecule has 0 heterocycles. The van der Waals surface area contributed by atoms with Gasteiger partial charge in [-0.1, -0.05) is 19.9 Å². The fourth-order valence-corrected chi connectivity index (χ4v) is 1.77. The number of rotatable bonds is 5. The third-order valence-electron chi connectivity index (χ3n) is 2.72. The van der Waals surface area contributed by atoms with E-state index in [1.807, 2.05) is 13.8 Å². The van der Waals surface area contributed by atoms with Crippen molar-refractivity contribution in [2.24, 2.45) is 0 Å². The molecule has 0 aliphatic rings. The second kappa shape index (κ2) is 5.94. The monoisotopic (exact) mass is 227 g/mol. The van der Waals surface area contributed by atoms with Crippen molar-refractivity contribution in [1.29, 1.82) is 0 Å². The lowest BCUT2D eigenvalue weighted by molar-refractivity contribution is 0.455. The summed E-state index contributed by atoms with van der Waals surface area (Å²) in [5.74, 6) is -0.881. The van der Waals surface area contributed by atoms with Gasteiger partial charge in [-0.15, -0.1) is 0 Å². The number of aryl methyl sites for hydroxylation is 1. The Hall–Kier alpha value is -0.960. The summed E-state index contributed by atoms with van der Waals surface area (Å²) in [7, 11) is 0. The van der Waals surface area contributed by atoms with E-state index in [1.54, 1.807) is 6.92 Å². The van der Waals surface area contributed by atoms with Crippen LogP contribution in [0.15, 0.2) is 12.1 Å². The Labute approximate surface area is 95.9 Å². The second-order valence-electron chi connectivity index (χ2n) is 4.01. The van der Waals surface area contributed by atoms with E-state index in [0.29, 0.717) is 12.0 Å². The van der Waals surface area contributed by atoms with Gasteiger partial charge >= 0.3 is 0 Å². The number of hydrogen-bond donors (Lipinski definition) is 1. The summed E-state index contributed by atoms with van der Waals surface area (Å²) < 4.78 is 27.5. The second-order valence-corrected chi connectivity index (χ2v) is 4.01. The largest absolute Gasteiger partial charge is 0.310 e. The summed E-state index contributed by atoms with van der Waals surface area (Å²) in [6.45, 7) is 6.38. The van der Waals surface area contributed by atoms with Crippen LogP contribution in [-0.4, -0.2) is 6.54 Å². The predicted octanol–water partition coefficient (Wildman–Crippen LogP) is 3.72. The van der Waals surface area contributed by atoms with Gasteiger partial charge < -0.3 is 5.32 Å². The highest BCUT2D eigenvalue weighted by Gasteiger charge is 2.19. The Balaban J connectivity index is 3.03. The first-order valence-electron chi connectivity index (χ1n) is 5.79. The zero-order valence-corrected chi connectivity index (χ0v) is 10.1. The van der Waals surface area contributed by atoms with Crippen LogP contribution in [-0.2, 0) is 0 Å². The summed E-state index contributed by atoms with van der Waals surface area (Å²) in [4.78, 5) is 0. The Morgan fingerprint density at radius 2 is 1.94 bits per heavy atom. The zero-order chi connectivity index (χ0) is 12.1. The fraction of sp³-hybridized carbons (Fsp3) is 0.538. The van der Waals surface area contributed by atoms with Crippen molar-refractivity contribution in [3.05, 3.63) is 34.9 Å². The Bertz CT molecular complexity index is 350. The molecule has 90 valence electrons. The quantitative estimate of drug-likeness (QED) is 0.808. The van der Waals surface area contributed by atoms with Crippen molar-refractivity contribution in [1.82, 2.24) is 5.32 Å². The van der Waals surface area contributed by atoms with Crippen LogP contribution in [0.2, 0.25) is 0 Å². The van der Waals surface area contributed by atoms with Crippen molar-refractivity contribution in [3.8, 4) is 0 Å². The molecule has 1 aromatic rings. The van der Waals surface area contributed by atoms with Gasteiger partial charge in [-0.3, -0.25) is 0 Å². The highest BCUT2D eigenvalue weighted by molar-refractivity contribution is 5.29. The molecular weight excluding hydrogens is 208 g/mol. The predicted molar refractivity (Wildman–Crippen MR) is 62.4 cm³/mol. The van der Waals surface area contributed by atoms with Crippen LogP contribution < -0.4 is 5.32 Å². The van der Waals surface area contributed by atoms with Gasteiger partial charge in [0.1, 0.15) is 11.6 Å². The molecule has 0 spiro atoms. The molecule has 0 aliphatic heterocycles. The number of halogens is 2. The topological polar surface area (TPSA) is 12.0 Å². The molecule has 0 fully saturated rings. The molecular formula is C13H19F2N. The first-order chi connectivity index (χ1) is 7.61. The van der Waals surface area contributed by atoms with E-state index in [2.05, 4.69) is 5.32 Å². The first kappa shape index (κ1) is 13.1. The summed E-state index contributed by atoms with van der Waals surface area (Å²) in [6.07, 6.45) is 1.63. The maximum absolute atomic E-state index is 13.8. The van der Waals surface area contributed by atoms with Crippen LogP contribution in [0.25, 0.3) is 0 Å². The highest BCUT2D eigenvalue weighted by Crippen LogP contribution is 2.25. The molecule has 1 rings (SSSR count). The first-order valence-corrected chi connectivity index (χ1v) is 5.79. The molecule has 1 unspecified atom stereocenters. The van der Waals surface area contributed by atoms with E-state index in [-0.39, 0.29) is 11.6 Å². The van der Waals surface area contributed by atoms with Crippen LogP contribution in [0.5, 0.6) is 0 Å². The van der Waals surface area contributed by atoms with E-state index in [4.69, 9.17) is 0 Å². The molecule has 1 atom stereocenters. The van der Waals surface area contributed by atoms with Crippen molar-refractivity contribution < 1.29 is 8.78 Å². The zero-order valence-electron chi connectivity index (χ0n) is 10.1. The van der Waals surface area contributed by atoms with Gasteiger partial charge in [-0.25, -0.2) is 8.78 Å². The Morgan fingerprint density at radius 3 is 2.50 bits per heavy atom. The molecule has 1 nitrogen and oxygen atoms in total. The minimum Gasteiger partial charge on any atom is -0.310 e. The lowest BCUT2D eigenvalue weighted by Gasteiger charge is -2.19. The van der Waals surface area contributed by atoms with E-state index >= 15 is 0 Å². The molecule has 0 aromatic heterocycles. The summed E-state index contributed by atoms with van der Waals surface area (Å²) in [5.41, 5.74) is 0.670. The summed E-state index contributed by atoms with van der Waals surface area (Å²) >= 11 is 0. The standard InChI is InChI=1S/C13H19F2N/c1-4-8-16-11(5-2)12-10(14)7-6-9(3)13(12)15/h6-7,11,16H,4-5,8H2,1-3H3. The van der Waals surface area contributed by atoms with Crippen LogP contribution in [0.3, 0.4) is 0 Å². The molecule has 3 heteroatoms. The SMILES string of the molecule is CCCNC(CC)c1c(F)ccc(C)c1F. The van der Waals surface area contributed by atoms with Crippen LogP contribution >= 0.6 is 0 Å². The molecule has 0 amide bonds. The smallest absolute Gasteiger partial charge is 0.133 e. The summed E-state index contributed by atoms with van der Waals surface area (Å²) in [6, 6.07) is 2.57. The molecule has 0 saturated carbocycles. The van der Waals surface area contributed by atoms with Crippen LogP contribution in [0.1, 0.15) is 43.9 Å². The van der Waals surface area contributed by atoms with Gasteiger partial charge in [-0.05, 0) is 37.9 Å². The number of nitrogens with one attached hydrogen (secondary N) is 1. The summed E-state index contributed by atoms with van der Waals surface area (Å²) in [5, 5.41) is 3.16. The lowest BCUT2D eigenvalue weighted by Crippen LogP contribution is -2.23. The van der Waals surface area contributed by atoms with E-state index < -0.39 is 11.6 Å². The number of benzene rings is 1. The third kappa shape index (κ3) is 2.79. The molecule has 16 heavy (non-hydrogen) atoms. The maximum Gasteiger partial charge on any atom is 0.133 e. The van der Waals surface area contributed by atoms with Crippen molar-refractivity contribution in [2.45, 2.75) is 39.7 Å². The van der Waals surface area contributed by atoms with Crippen molar-refractivity contribution in [3.63, 3.8) is 0 Å². The van der Waals surface area contributed by atoms with Gasteiger partial charge in [0.05, 0.1) is 0 Å². The van der Waals surface area contributed by atoms with Crippen molar-refractivity contribution in [2.75, 3.05) is 6.54 Å². The fourth-order valence-electron chi connectivity index (χ4n) is 1.77. The minimum absolute atomic E-state index is 0.177. The van der Waals surface area contributed by atoms with Gasteiger partial charge in [0.2, 0.25) is 0 Å². The van der Waals surface area contributed by atoms with E-state index in [1.165, 1.54) is 12.1 Å². The number of hydrogen-bond acceptors (Lipinski definition) is 1. The van der Waals surface area contributed by atoms with Gasteiger partial charge in [0.15, 0.2) is 0 Å². The molecule has 0 saturated heterocycles. The van der Waals surface area contributed by atoms with Crippen LogP contribution in [0.4, 0.5) is 8.78 Å². The normalized spacial score (nSPS) is 12.8. The van der Waals surface area contributed by atoms with Gasteiger partial charge in [-0.2, -0.15) is 0 Å². The van der Waals surface area contributed by atoms with Crippen molar-refractivity contribution >= 4 is 0 Å².